The quantitative estimate of drug-likeness (QED) is 0.630. The summed E-state index contributed by atoms with van der Waals surface area (Å²) in [6, 6.07) is 4.13. The SMILES string of the molecule is C=CCS(=O)(=O)NCC(O)(CC)c1ccc(F)c(OCC2CC2)c1. The van der Waals surface area contributed by atoms with Crippen LogP contribution in [0.4, 0.5) is 4.39 Å². The van der Waals surface area contributed by atoms with Crippen LogP contribution in [-0.2, 0) is 15.6 Å². The van der Waals surface area contributed by atoms with Crippen LogP contribution in [-0.4, -0.2) is 32.4 Å². The number of halogens is 1. The molecule has 0 aromatic heterocycles. The van der Waals surface area contributed by atoms with Crippen molar-refractivity contribution < 1.29 is 22.7 Å². The number of sulfonamides is 1. The lowest BCUT2D eigenvalue weighted by molar-refractivity contribution is 0.0376. The van der Waals surface area contributed by atoms with Gasteiger partial charge in [0.1, 0.15) is 5.60 Å². The molecule has 0 heterocycles. The fourth-order valence-electron chi connectivity index (χ4n) is 2.27. The number of ether oxygens (including phenoxy) is 1. The number of nitrogens with one attached hydrogen (secondary N) is 1. The van der Waals surface area contributed by atoms with Gasteiger partial charge in [-0.15, -0.1) is 6.58 Å². The zero-order valence-electron chi connectivity index (χ0n) is 13.8. The van der Waals surface area contributed by atoms with Gasteiger partial charge in [0.25, 0.3) is 0 Å². The van der Waals surface area contributed by atoms with E-state index in [4.69, 9.17) is 4.74 Å². The second-order valence-corrected chi connectivity index (χ2v) is 8.03. The van der Waals surface area contributed by atoms with E-state index in [-0.39, 0.29) is 24.5 Å². The lowest BCUT2D eigenvalue weighted by Crippen LogP contribution is -2.41. The molecule has 1 aromatic carbocycles. The first-order valence-electron chi connectivity index (χ1n) is 8.03. The molecule has 0 saturated heterocycles. The van der Waals surface area contributed by atoms with Gasteiger partial charge >= 0.3 is 0 Å². The highest BCUT2D eigenvalue weighted by molar-refractivity contribution is 7.89. The Bertz CT molecular complexity index is 688. The fraction of sp³-hybridized carbons (Fsp3) is 0.529. The Balaban J connectivity index is 2.15. The Kier molecular flexibility index (Phi) is 6.01. The first-order chi connectivity index (χ1) is 11.3. The Labute approximate surface area is 142 Å². The van der Waals surface area contributed by atoms with Crippen molar-refractivity contribution in [3.8, 4) is 5.75 Å². The maximum absolute atomic E-state index is 13.9. The maximum atomic E-state index is 13.9. The number of rotatable bonds is 10. The summed E-state index contributed by atoms with van der Waals surface area (Å²) in [5, 5.41) is 10.8. The molecule has 0 bridgehead atoms. The van der Waals surface area contributed by atoms with E-state index in [0.717, 1.165) is 12.8 Å². The summed E-state index contributed by atoms with van der Waals surface area (Å²) in [5.41, 5.74) is -1.03. The lowest BCUT2D eigenvalue weighted by atomic mass is 9.91. The van der Waals surface area contributed by atoms with E-state index in [9.17, 15) is 17.9 Å². The van der Waals surface area contributed by atoms with Crippen molar-refractivity contribution in [1.29, 1.82) is 0 Å². The molecule has 1 atom stereocenters. The average molecular weight is 357 g/mol. The summed E-state index contributed by atoms with van der Waals surface area (Å²) in [6.45, 7) is 5.38. The van der Waals surface area contributed by atoms with Crippen LogP contribution in [0.1, 0.15) is 31.7 Å². The van der Waals surface area contributed by atoms with Crippen LogP contribution in [0.25, 0.3) is 0 Å². The summed E-state index contributed by atoms with van der Waals surface area (Å²) in [7, 11) is -3.55. The third kappa shape index (κ3) is 5.03. The molecule has 0 radical (unpaired) electrons. The third-order valence-electron chi connectivity index (χ3n) is 4.15. The summed E-state index contributed by atoms with van der Waals surface area (Å²) in [4.78, 5) is 0. The van der Waals surface area contributed by atoms with Crippen LogP contribution in [0, 0.1) is 11.7 Å². The van der Waals surface area contributed by atoms with Gasteiger partial charge in [0.2, 0.25) is 10.0 Å². The standard InChI is InChI=1S/C17H24FNO4S/c1-3-9-24(21,22)19-12-17(20,4-2)14-7-8-15(18)16(10-14)23-11-13-5-6-13/h3,7-8,10,13,19-20H,1,4-6,9,11-12H2,2H3. The largest absolute Gasteiger partial charge is 0.490 e. The van der Waals surface area contributed by atoms with Crippen LogP contribution in [0.3, 0.4) is 0 Å². The zero-order valence-corrected chi connectivity index (χ0v) is 14.6. The smallest absolute Gasteiger partial charge is 0.215 e. The Morgan fingerprint density at radius 2 is 2.21 bits per heavy atom. The zero-order chi connectivity index (χ0) is 17.8. The Morgan fingerprint density at radius 3 is 2.79 bits per heavy atom. The van der Waals surface area contributed by atoms with Crippen molar-refractivity contribution in [2.24, 2.45) is 5.92 Å². The average Bonchev–Trinajstić information content (AvgIpc) is 3.36. The minimum Gasteiger partial charge on any atom is -0.490 e. The summed E-state index contributed by atoms with van der Waals surface area (Å²) >= 11 is 0. The predicted molar refractivity (Wildman–Crippen MR) is 90.8 cm³/mol. The Hall–Kier alpha value is -1.44. The second-order valence-electron chi connectivity index (χ2n) is 6.18. The number of hydrogen-bond acceptors (Lipinski definition) is 4. The first-order valence-corrected chi connectivity index (χ1v) is 9.68. The highest BCUT2D eigenvalue weighted by Gasteiger charge is 2.30. The molecule has 2 rings (SSSR count). The molecule has 24 heavy (non-hydrogen) atoms. The molecule has 0 aliphatic heterocycles. The van der Waals surface area contributed by atoms with Crippen LogP contribution in [0.15, 0.2) is 30.9 Å². The molecule has 7 heteroatoms. The van der Waals surface area contributed by atoms with Gasteiger partial charge in [-0.25, -0.2) is 17.5 Å². The molecule has 1 aliphatic rings. The monoisotopic (exact) mass is 357 g/mol. The molecule has 2 N–H and O–H groups in total. The molecular formula is C17H24FNO4S. The van der Waals surface area contributed by atoms with Crippen molar-refractivity contribution in [1.82, 2.24) is 4.72 Å². The highest BCUT2D eigenvalue weighted by Crippen LogP contribution is 2.32. The number of aliphatic hydroxyl groups is 1. The highest BCUT2D eigenvalue weighted by atomic mass is 32.2. The molecule has 1 fully saturated rings. The van der Waals surface area contributed by atoms with E-state index < -0.39 is 21.4 Å². The minimum absolute atomic E-state index is 0.0835. The van der Waals surface area contributed by atoms with Gasteiger partial charge in [0.05, 0.1) is 12.4 Å². The predicted octanol–water partition coefficient (Wildman–Crippen LogP) is 2.32. The van der Waals surface area contributed by atoms with Gasteiger partial charge in [-0.2, -0.15) is 0 Å². The van der Waals surface area contributed by atoms with Gasteiger partial charge in [0, 0.05) is 6.54 Å². The molecular weight excluding hydrogens is 333 g/mol. The van der Waals surface area contributed by atoms with E-state index in [1.54, 1.807) is 6.92 Å². The molecule has 0 spiro atoms. The molecule has 134 valence electrons. The van der Waals surface area contributed by atoms with Crippen molar-refractivity contribution in [3.63, 3.8) is 0 Å². The van der Waals surface area contributed by atoms with Crippen LogP contribution in [0.5, 0.6) is 5.75 Å². The fourth-order valence-corrected chi connectivity index (χ4v) is 3.16. The van der Waals surface area contributed by atoms with Crippen molar-refractivity contribution in [2.75, 3.05) is 18.9 Å². The lowest BCUT2D eigenvalue weighted by Gasteiger charge is -2.28. The van der Waals surface area contributed by atoms with Gasteiger partial charge in [-0.1, -0.05) is 19.1 Å². The van der Waals surface area contributed by atoms with Crippen molar-refractivity contribution in [2.45, 2.75) is 31.8 Å². The topological polar surface area (TPSA) is 75.6 Å². The van der Waals surface area contributed by atoms with E-state index >= 15 is 0 Å². The normalized spacial score (nSPS) is 17.3. The third-order valence-corrected chi connectivity index (χ3v) is 5.41. The molecule has 5 nitrogen and oxygen atoms in total. The van der Waals surface area contributed by atoms with Crippen LogP contribution in [0.2, 0.25) is 0 Å². The van der Waals surface area contributed by atoms with E-state index in [0.29, 0.717) is 18.1 Å². The summed E-state index contributed by atoms with van der Waals surface area (Å²) in [6.07, 6.45) is 3.71. The van der Waals surface area contributed by atoms with Gasteiger partial charge in [0.15, 0.2) is 11.6 Å². The van der Waals surface area contributed by atoms with Crippen molar-refractivity contribution >= 4 is 10.0 Å². The molecule has 1 aliphatic carbocycles. The minimum atomic E-state index is -3.55. The number of hydrogen-bond donors (Lipinski definition) is 2. The van der Waals surface area contributed by atoms with Gasteiger partial charge < -0.3 is 9.84 Å². The van der Waals surface area contributed by atoms with Crippen LogP contribution >= 0.6 is 0 Å². The van der Waals surface area contributed by atoms with E-state index in [1.165, 1.54) is 24.3 Å². The van der Waals surface area contributed by atoms with E-state index in [2.05, 4.69) is 11.3 Å². The molecule has 1 saturated carbocycles. The van der Waals surface area contributed by atoms with E-state index in [1.807, 2.05) is 0 Å². The van der Waals surface area contributed by atoms with Crippen molar-refractivity contribution in [3.05, 3.63) is 42.2 Å². The molecule has 1 unspecified atom stereocenters. The van der Waals surface area contributed by atoms with Gasteiger partial charge in [-0.3, -0.25) is 0 Å². The first kappa shape index (κ1) is 18.9. The molecule has 0 amide bonds. The molecule has 1 aromatic rings. The summed E-state index contributed by atoms with van der Waals surface area (Å²) in [5.74, 6) is -0.166. The summed E-state index contributed by atoms with van der Waals surface area (Å²) < 4.78 is 45.2. The number of benzene rings is 1. The maximum Gasteiger partial charge on any atom is 0.215 e. The van der Waals surface area contributed by atoms with Gasteiger partial charge in [-0.05, 0) is 42.9 Å². The van der Waals surface area contributed by atoms with Crippen LogP contribution < -0.4 is 9.46 Å². The Morgan fingerprint density at radius 1 is 1.50 bits per heavy atom. The second kappa shape index (κ2) is 7.63.